The third-order valence-corrected chi connectivity index (χ3v) is 3.70. The predicted octanol–water partition coefficient (Wildman–Crippen LogP) is 3.74. The van der Waals surface area contributed by atoms with Crippen molar-refractivity contribution >= 4 is 27.5 Å². The van der Waals surface area contributed by atoms with Gasteiger partial charge in [-0.05, 0) is 36.6 Å². The molecule has 1 aromatic carbocycles. The van der Waals surface area contributed by atoms with Crippen LogP contribution in [-0.4, -0.2) is 6.04 Å². The Labute approximate surface area is 98.0 Å². The molecule has 0 spiro atoms. The first kappa shape index (κ1) is 10.5. The first-order valence-corrected chi connectivity index (χ1v) is 6.10. The van der Waals surface area contributed by atoms with Gasteiger partial charge in [0.05, 0.1) is 0 Å². The maximum Gasteiger partial charge on any atom is 0.0410 e. The highest BCUT2D eigenvalue weighted by Gasteiger charge is 2.16. The van der Waals surface area contributed by atoms with Crippen molar-refractivity contribution < 1.29 is 0 Å². The first-order valence-electron chi connectivity index (χ1n) is 4.93. The molecule has 0 amide bonds. The van der Waals surface area contributed by atoms with E-state index in [-0.39, 0.29) is 0 Å². The van der Waals surface area contributed by atoms with E-state index >= 15 is 0 Å². The molecule has 0 aromatic heterocycles. The lowest BCUT2D eigenvalue weighted by Gasteiger charge is -2.26. The van der Waals surface area contributed by atoms with Gasteiger partial charge < -0.3 is 5.32 Å². The van der Waals surface area contributed by atoms with Gasteiger partial charge in [-0.2, -0.15) is 0 Å². The fraction of sp³-hybridized carbons (Fsp3) is 0.455. The number of hydrogen-bond acceptors (Lipinski definition) is 1. The maximum atomic E-state index is 5.93. The third-order valence-electron chi connectivity index (χ3n) is 2.69. The monoisotopic (exact) mass is 273 g/mol. The Morgan fingerprint density at radius 2 is 2.21 bits per heavy atom. The molecule has 76 valence electrons. The fourth-order valence-corrected chi connectivity index (χ4v) is 2.13. The minimum atomic E-state index is 0.723. The Balaban J connectivity index is 1.96. The van der Waals surface area contributed by atoms with Gasteiger partial charge in [-0.25, -0.2) is 0 Å². The van der Waals surface area contributed by atoms with Crippen LogP contribution in [0.5, 0.6) is 0 Å². The summed E-state index contributed by atoms with van der Waals surface area (Å²) in [6.45, 7) is 0.909. The number of benzene rings is 1. The molecule has 0 unspecified atom stereocenters. The number of hydrogen-bond donors (Lipinski definition) is 1. The molecule has 1 aliphatic carbocycles. The molecule has 1 saturated carbocycles. The summed E-state index contributed by atoms with van der Waals surface area (Å²) < 4.78 is 1.13. The zero-order valence-electron chi connectivity index (χ0n) is 7.89. The van der Waals surface area contributed by atoms with Crippen LogP contribution >= 0.6 is 27.5 Å². The third kappa shape index (κ3) is 2.50. The average Bonchev–Trinajstić information content (AvgIpc) is 2.08. The fourth-order valence-electron chi connectivity index (χ4n) is 1.55. The Hall–Kier alpha value is -0.0500. The molecule has 0 atom stereocenters. The van der Waals surface area contributed by atoms with Gasteiger partial charge in [0.2, 0.25) is 0 Å². The highest BCUT2D eigenvalue weighted by Crippen LogP contribution is 2.23. The van der Waals surface area contributed by atoms with Gasteiger partial charge >= 0.3 is 0 Å². The van der Waals surface area contributed by atoms with Gasteiger partial charge in [-0.3, -0.25) is 0 Å². The smallest absolute Gasteiger partial charge is 0.0410 e. The minimum absolute atomic E-state index is 0.723. The van der Waals surface area contributed by atoms with Gasteiger partial charge in [0.15, 0.2) is 0 Å². The van der Waals surface area contributed by atoms with Gasteiger partial charge in [0.25, 0.3) is 0 Å². The molecule has 1 aliphatic rings. The van der Waals surface area contributed by atoms with E-state index in [1.54, 1.807) is 0 Å². The molecular weight excluding hydrogens is 261 g/mol. The summed E-state index contributed by atoms with van der Waals surface area (Å²) in [5.41, 5.74) is 1.24. The summed E-state index contributed by atoms with van der Waals surface area (Å²) in [6, 6.07) is 6.64. The molecule has 2 rings (SSSR count). The number of rotatable bonds is 3. The Kier molecular flexibility index (Phi) is 3.47. The summed E-state index contributed by atoms with van der Waals surface area (Å²) in [6.07, 6.45) is 4.00. The molecule has 0 heterocycles. The average molecular weight is 275 g/mol. The minimum Gasteiger partial charge on any atom is -0.310 e. The molecule has 1 fully saturated rings. The van der Waals surface area contributed by atoms with Crippen LogP contribution in [-0.2, 0) is 6.54 Å². The van der Waals surface area contributed by atoms with Crippen molar-refractivity contribution in [3.05, 3.63) is 33.3 Å². The molecular formula is C11H13BrClN. The zero-order chi connectivity index (χ0) is 9.97. The Morgan fingerprint density at radius 3 is 2.86 bits per heavy atom. The van der Waals surface area contributed by atoms with E-state index < -0.39 is 0 Å². The molecule has 1 nitrogen and oxygen atoms in total. The molecule has 0 aliphatic heterocycles. The predicted molar refractivity (Wildman–Crippen MR) is 63.6 cm³/mol. The molecule has 3 heteroatoms. The highest BCUT2D eigenvalue weighted by molar-refractivity contribution is 9.10. The second kappa shape index (κ2) is 4.65. The van der Waals surface area contributed by atoms with Crippen LogP contribution in [0.2, 0.25) is 5.02 Å². The van der Waals surface area contributed by atoms with Gasteiger partial charge in [0.1, 0.15) is 0 Å². The zero-order valence-corrected chi connectivity index (χ0v) is 10.2. The second-order valence-corrected chi connectivity index (χ2v) is 5.04. The standard InChI is InChI=1S/C11H13BrClN/c12-11-5-4-9(13)6-8(11)7-14-10-2-1-3-10/h4-6,10,14H,1-3,7H2. The SMILES string of the molecule is Clc1ccc(Br)c(CNC2CCC2)c1. The summed E-state index contributed by atoms with van der Waals surface area (Å²) >= 11 is 9.45. The highest BCUT2D eigenvalue weighted by atomic mass is 79.9. The first-order chi connectivity index (χ1) is 6.75. The van der Waals surface area contributed by atoms with Crippen LogP contribution in [0.15, 0.2) is 22.7 Å². The van der Waals surface area contributed by atoms with Crippen molar-refractivity contribution in [1.29, 1.82) is 0 Å². The van der Waals surface area contributed by atoms with E-state index in [1.807, 2.05) is 18.2 Å². The van der Waals surface area contributed by atoms with Crippen molar-refractivity contribution in [2.24, 2.45) is 0 Å². The van der Waals surface area contributed by atoms with Crippen LogP contribution < -0.4 is 5.32 Å². The molecule has 1 aromatic rings. The Morgan fingerprint density at radius 1 is 1.43 bits per heavy atom. The summed E-state index contributed by atoms with van der Waals surface area (Å²) in [5.74, 6) is 0. The van der Waals surface area contributed by atoms with Crippen LogP contribution in [0, 0.1) is 0 Å². The van der Waals surface area contributed by atoms with E-state index in [0.717, 1.165) is 22.1 Å². The van der Waals surface area contributed by atoms with Crippen molar-refractivity contribution in [1.82, 2.24) is 5.32 Å². The van der Waals surface area contributed by atoms with Crippen LogP contribution in [0.3, 0.4) is 0 Å². The van der Waals surface area contributed by atoms with Gasteiger partial charge in [-0.15, -0.1) is 0 Å². The van der Waals surface area contributed by atoms with E-state index in [9.17, 15) is 0 Å². The largest absolute Gasteiger partial charge is 0.310 e. The molecule has 0 bridgehead atoms. The lowest BCUT2D eigenvalue weighted by molar-refractivity contribution is 0.338. The number of halogens is 2. The molecule has 14 heavy (non-hydrogen) atoms. The van der Waals surface area contributed by atoms with E-state index in [0.29, 0.717) is 0 Å². The van der Waals surface area contributed by atoms with Crippen molar-refractivity contribution in [2.75, 3.05) is 0 Å². The van der Waals surface area contributed by atoms with Crippen molar-refractivity contribution in [2.45, 2.75) is 31.8 Å². The van der Waals surface area contributed by atoms with Crippen molar-refractivity contribution in [3.63, 3.8) is 0 Å². The van der Waals surface area contributed by atoms with Crippen LogP contribution in [0.1, 0.15) is 24.8 Å². The van der Waals surface area contributed by atoms with E-state index in [1.165, 1.54) is 24.8 Å². The molecule has 1 N–H and O–H groups in total. The number of nitrogens with one attached hydrogen (secondary N) is 1. The Bertz CT molecular complexity index is 323. The summed E-state index contributed by atoms with van der Waals surface area (Å²) in [4.78, 5) is 0. The maximum absolute atomic E-state index is 5.93. The van der Waals surface area contributed by atoms with Crippen LogP contribution in [0.25, 0.3) is 0 Å². The lowest BCUT2D eigenvalue weighted by atomic mass is 9.93. The quantitative estimate of drug-likeness (QED) is 0.885. The second-order valence-electron chi connectivity index (χ2n) is 3.74. The van der Waals surface area contributed by atoms with E-state index in [4.69, 9.17) is 11.6 Å². The van der Waals surface area contributed by atoms with Gasteiger partial charge in [-0.1, -0.05) is 34.0 Å². The topological polar surface area (TPSA) is 12.0 Å². The summed E-state index contributed by atoms with van der Waals surface area (Å²) in [7, 11) is 0. The summed E-state index contributed by atoms with van der Waals surface area (Å²) in [5, 5.41) is 4.32. The molecule has 0 saturated heterocycles. The lowest BCUT2D eigenvalue weighted by Crippen LogP contribution is -2.34. The van der Waals surface area contributed by atoms with Gasteiger partial charge in [0, 0.05) is 22.1 Å². The van der Waals surface area contributed by atoms with E-state index in [2.05, 4.69) is 21.2 Å². The van der Waals surface area contributed by atoms with Crippen LogP contribution in [0.4, 0.5) is 0 Å². The normalized spacial score (nSPS) is 16.7. The molecule has 0 radical (unpaired) electrons. The van der Waals surface area contributed by atoms with Crippen molar-refractivity contribution in [3.8, 4) is 0 Å².